The molecule has 1 aliphatic rings. The van der Waals surface area contributed by atoms with Gasteiger partial charge in [-0.25, -0.2) is 4.79 Å². The highest BCUT2D eigenvalue weighted by Gasteiger charge is 2.45. The van der Waals surface area contributed by atoms with E-state index in [0.29, 0.717) is 12.8 Å². The molecule has 0 aliphatic heterocycles. The topological polar surface area (TPSA) is 86.7 Å². The van der Waals surface area contributed by atoms with Gasteiger partial charge in [0.05, 0.1) is 0 Å². The van der Waals surface area contributed by atoms with Gasteiger partial charge in [-0.3, -0.25) is 9.59 Å². The predicted octanol–water partition coefficient (Wildman–Crippen LogP) is 1.78. The molecule has 0 spiro atoms. The zero-order chi connectivity index (χ0) is 17.0. The highest BCUT2D eigenvalue weighted by molar-refractivity contribution is 5.87. The van der Waals surface area contributed by atoms with Gasteiger partial charge in [-0.05, 0) is 12.8 Å². The Morgan fingerprint density at radius 3 is 2.14 bits per heavy atom. The monoisotopic (exact) mass is 312 g/mol. The molecule has 0 radical (unpaired) electrons. The summed E-state index contributed by atoms with van der Waals surface area (Å²) in [5.74, 6) is -1.28. The maximum Gasteiger partial charge on any atom is 0.329 e. The number of carboxylic acids is 1. The maximum absolute atomic E-state index is 12.3. The number of carbonyl (C=O) groups is 3. The molecular formula is C16H28N2O4. The van der Waals surface area contributed by atoms with Crippen molar-refractivity contribution >= 4 is 17.8 Å². The van der Waals surface area contributed by atoms with Crippen LogP contribution in [0.25, 0.3) is 0 Å². The van der Waals surface area contributed by atoms with Crippen LogP contribution in [0.3, 0.4) is 0 Å². The third-order valence-electron chi connectivity index (χ3n) is 4.40. The van der Waals surface area contributed by atoms with Crippen LogP contribution in [0.5, 0.6) is 0 Å². The van der Waals surface area contributed by atoms with Gasteiger partial charge in [-0.15, -0.1) is 0 Å². The molecule has 22 heavy (non-hydrogen) atoms. The molecule has 2 N–H and O–H groups in total. The molecule has 2 amide bonds. The van der Waals surface area contributed by atoms with E-state index in [1.807, 2.05) is 0 Å². The van der Waals surface area contributed by atoms with E-state index >= 15 is 0 Å². The lowest BCUT2D eigenvalue weighted by atomic mass is 9.80. The Morgan fingerprint density at radius 1 is 1.14 bits per heavy atom. The fourth-order valence-corrected chi connectivity index (χ4v) is 2.78. The summed E-state index contributed by atoms with van der Waals surface area (Å²) in [4.78, 5) is 37.1. The van der Waals surface area contributed by atoms with Crippen LogP contribution in [0.1, 0.15) is 59.3 Å². The molecule has 1 rings (SSSR count). The van der Waals surface area contributed by atoms with Crippen LogP contribution in [0.4, 0.5) is 0 Å². The molecule has 0 aromatic rings. The van der Waals surface area contributed by atoms with Crippen LogP contribution in [-0.2, 0) is 14.4 Å². The number of nitrogens with zero attached hydrogens (tertiary/aromatic N) is 1. The molecular weight excluding hydrogens is 284 g/mol. The summed E-state index contributed by atoms with van der Waals surface area (Å²) in [6.07, 6.45) is 3.78. The van der Waals surface area contributed by atoms with Gasteiger partial charge < -0.3 is 15.3 Å². The normalized spacial score (nSPS) is 17.6. The van der Waals surface area contributed by atoms with E-state index in [1.54, 1.807) is 27.8 Å². The second-order valence-electron chi connectivity index (χ2n) is 7.11. The van der Waals surface area contributed by atoms with Gasteiger partial charge in [0.1, 0.15) is 5.54 Å². The van der Waals surface area contributed by atoms with Gasteiger partial charge in [-0.2, -0.15) is 0 Å². The summed E-state index contributed by atoms with van der Waals surface area (Å²) in [6.45, 7) is 5.64. The first-order chi connectivity index (χ1) is 10.1. The fourth-order valence-electron chi connectivity index (χ4n) is 2.78. The van der Waals surface area contributed by atoms with Crippen molar-refractivity contribution in [2.24, 2.45) is 5.41 Å². The highest BCUT2D eigenvalue weighted by atomic mass is 16.4. The molecule has 0 aromatic carbocycles. The summed E-state index contributed by atoms with van der Waals surface area (Å²) in [6, 6.07) is 0. The number of aliphatic carboxylic acids is 1. The summed E-state index contributed by atoms with van der Waals surface area (Å²) < 4.78 is 0. The number of hydrogen-bond acceptors (Lipinski definition) is 3. The number of carbonyl (C=O) groups excluding carboxylic acids is 2. The van der Waals surface area contributed by atoms with Crippen LogP contribution < -0.4 is 5.32 Å². The molecule has 1 fully saturated rings. The number of carboxylic acid groups (broad SMARTS) is 1. The van der Waals surface area contributed by atoms with Gasteiger partial charge in [0.2, 0.25) is 11.8 Å². The standard InChI is InChI=1S/C16H28N2O4/c1-15(2,3)13(20)17-11-8-12(19)18(4)16(14(21)22)9-6-5-7-10-16/h5-11H2,1-4H3,(H,17,20)(H,21,22). The molecule has 0 atom stereocenters. The van der Waals surface area contributed by atoms with E-state index in [4.69, 9.17) is 0 Å². The Morgan fingerprint density at radius 2 is 1.68 bits per heavy atom. The van der Waals surface area contributed by atoms with E-state index in [2.05, 4.69) is 5.32 Å². The summed E-state index contributed by atoms with van der Waals surface area (Å²) in [5, 5.41) is 12.3. The van der Waals surface area contributed by atoms with Gasteiger partial charge in [0, 0.05) is 25.4 Å². The third kappa shape index (κ3) is 4.21. The number of rotatable bonds is 5. The molecule has 0 saturated heterocycles. The van der Waals surface area contributed by atoms with Crippen molar-refractivity contribution in [2.75, 3.05) is 13.6 Å². The predicted molar refractivity (Wildman–Crippen MR) is 83.3 cm³/mol. The van der Waals surface area contributed by atoms with Crippen molar-refractivity contribution in [1.82, 2.24) is 10.2 Å². The van der Waals surface area contributed by atoms with Crippen LogP contribution in [0.2, 0.25) is 0 Å². The van der Waals surface area contributed by atoms with Gasteiger partial charge in [0.25, 0.3) is 0 Å². The molecule has 0 aromatic heterocycles. The first kappa shape index (κ1) is 18.5. The average molecular weight is 312 g/mol. The van der Waals surface area contributed by atoms with Crippen molar-refractivity contribution < 1.29 is 19.5 Å². The van der Waals surface area contributed by atoms with Crippen LogP contribution in [-0.4, -0.2) is 46.9 Å². The smallest absolute Gasteiger partial charge is 0.329 e. The average Bonchev–Trinajstić information content (AvgIpc) is 2.45. The van der Waals surface area contributed by atoms with Crippen molar-refractivity contribution in [1.29, 1.82) is 0 Å². The minimum atomic E-state index is -1.08. The van der Waals surface area contributed by atoms with Gasteiger partial charge >= 0.3 is 5.97 Å². The molecule has 0 bridgehead atoms. The Bertz CT molecular complexity index is 434. The minimum Gasteiger partial charge on any atom is -0.479 e. The lowest BCUT2D eigenvalue weighted by molar-refractivity contribution is -0.160. The van der Waals surface area contributed by atoms with Gasteiger partial charge in [-0.1, -0.05) is 40.0 Å². The molecule has 6 heteroatoms. The fraction of sp³-hybridized carbons (Fsp3) is 0.812. The Hall–Kier alpha value is -1.59. The molecule has 0 heterocycles. The van der Waals surface area contributed by atoms with Crippen molar-refractivity contribution in [3.8, 4) is 0 Å². The largest absolute Gasteiger partial charge is 0.479 e. The SMILES string of the molecule is CN(C(=O)CCNC(=O)C(C)(C)C)C1(C(=O)O)CCCCC1. The number of likely N-dealkylation sites (N-methyl/N-ethyl adjacent to an activating group) is 1. The summed E-state index contributed by atoms with van der Waals surface area (Å²) >= 11 is 0. The van der Waals surface area contributed by atoms with E-state index in [0.717, 1.165) is 19.3 Å². The van der Waals surface area contributed by atoms with Crippen molar-refractivity contribution in [2.45, 2.75) is 64.8 Å². The Labute approximate surface area is 132 Å². The zero-order valence-electron chi connectivity index (χ0n) is 14.1. The second kappa shape index (κ2) is 7.11. The summed E-state index contributed by atoms with van der Waals surface area (Å²) in [5.41, 5.74) is -1.58. The quantitative estimate of drug-likeness (QED) is 0.810. The molecule has 1 aliphatic carbocycles. The molecule has 126 valence electrons. The van der Waals surface area contributed by atoms with E-state index < -0.39 is 16.9 Å². The van der Waals surface area contributed by atoms with Crippen LogP contribution >= 0.6 is 0 Å². The first-order valence-electron chi connectivity index (χ1n) is 7.89. The molecule has 0 unspecified atom stereocenters. The van der Waals surface area contributed by atoms with E-state index in [1.165, 1.54) is 4.90 Å². The van der Waals surface area contributed by atoms with E-state index in [-0.39, 0.29) is 24.8 Å². The van der Waals surface area contributed by atoms with Crippen molar-refractivity contribution in [3.63, 3.8) is 0 Å². The molecule has 1 saturated carbocycles. The lowest BCUT2D eigenvalue weighted by Crippen LogP contribution is -2.56. The number of nitrogens with one attached hydrogen (secondary N) is 1. The zero-order valence-corrected chi connectivity index (χ0v) is 14.1. The second-order valence-corrected chi connectivity index (χ2v) is 7.11. The minimum absolute atomic E-state index is 0.117. The van der Waals surface area contributed by atoms with Crippen LogP contribution in [0, 0.1) is 5.41 Å². The van der Waals surface area contributed by atoms with E-state index in [9.17, 15) is 19.5 Å². The highest BCUT2D eigenvalue weighted by Crippen LogP contribution is 2.33. The maximum atomic E-state index is 12.3. The van der Waals surface area contributed by atoms with Crippen molar-refractivity contribution in [3.05, 3.63) is 0 Å². The van der Waals surface area contributed by atoms with Crippen LogP contribution in [0.15, 0.2) is 0 Å². The number of hydrogen-bond donors (Lipinski definition) is 2. The lowest BCUT2D eigenvalue weighted by Gasteiger charge is -2.41. The summed E-state index contributed by atoms with van der Waals surface area (Å²) in [7, 11) is 1.56. The number of amides is 2. The first-order valence-corrected chi connectivity index (χ1v) is 7.89. The molecule has 6 nitrogen and oxygen atoms in total. The van der Waals surface area contributed by atoms with Gasteiger partial charge in [0.15, 0.2) is 0 Å². The Balaban J connectivity index is 2.60. The third-order valence-corrected chi connectivity index (χ3v) is 4.40. The Kier molecular flexibility index (Phi) is 5.97.